The largest absolute Gasteiger partial charge is 0.495 e. The van der Waals surface area contributed by atoms with Gasteiger partial charge in [-0.1, -0.05) is 18.5 Å². The Morgan fingerprint density at radius 3 is 2.61 bits per heavy atom. The van der Waals surface area contributed by atoms with Gasteiger partial charge in [0.05, 0.1) is 24.9 Å². The first kappa shape index (κ1) is 17.1. The standard InChI is InChI=1S/C16H21ClN4O2/c1-5-10(2)19-16-18-7-6-15(21-16)20-12-9-13(22-3)11(17)8-14(12)23-4/h6-10H,5H2,1-4H3,(H2,18,19,20,21). The number of hydrogen-bond acceptors (Lipinski definition) is 6. The van der Waals surface area contributed by atoms with Gasteiger partial charge in [0.2, 0.25) is 5.95 Å². The molecular weight excluding hydrogens is 316 g/mol. The molecule has 0 radical (unpaired) electrons. The Morgan fingerprint density at radius 2 is 1.96 bits per heavy atom. The number of benzene rings is 1. The molecule has 124 valence electrons. The Bertz CT molecular complexity index is 667. The predicted molar refractivity (Wildman–Crippen MR) is 93.2 cm³/mol. The van der Waals surface area contributed by atoms with Gasteiger partial charge in [-0.05, 0) is 19.4 Å². The maximum absolute atomic E-state index is 6.11. The number of nitrogens with one attached hydrogen (secondary N) is 2. The van der Waals surface area contributed by atoms with E-state index in [0.717, 1.165) is 6.42 Å². The molecule has 1 atom stereocenters. The number of anilines is 3. The zero-order valence-electron chi connectivity index (χ0n) is 13.7. The molecule has 0 amide bonds. The summed E-state index contributed by atoms with van der Waals surface area (Å²) in [6.07, 6.45) is 2.68. The molecule has 23 heavy (non-hydrogen) atoms. The molecule has 0 aliphatic rings. The molecule has 2 N–H and O–H groups in total. The fourth-order valence-corrected chi connectivity index (χ4v) is 2.15. The second-order valence-corrected chi connectivity index (χ2v) is 5.44. The summed E-state index contributed by atoms with van der Waals surface area (Å²) in [4.78, 5) is 8.67. The molecule has 0 saturated heterocycles. The molecular formula is C16H21ClN4O2. The second kappa shape index (κ2) is 7.87. The van der Waals surface area contributed by atoms with Gasteiger partial charge in [0, 0.05) is 24.4 Å². The van der Waals surface area contributed by atoms with E-state index >= 15 is 0 Å². The smallest absolute Gasteiger partial charge is 0.224 e. The van der Waals surface area contributed by atoms with Crippen LogP contribution in [0.3, 0.4) is 0 Å². The van der Waals surface area contributed by atoms with E-state index in [-0.39, 0.29) is 0 Å². The molecule has 2 rings (SSSR count). The van der Waals surface area contributed by atoms with Crippen molar-refractivity contribution in [2.24, 2.45) is 0 Å². The van der Waals surface area contributed by atoms with Gasteiger partial charge < -0.3 is 20.1 Å². The first-order chi connectivity index (χ1) is 11.1. The van der Waals surface area contributed by atoms with Crippen molar-refractivity contribution in [2.75, 3.05) is 24.9 Å². The third-order valence-electron chi connectivity index (χ3n) is 3.38. The van der Waals surface area contributed by atoms with Crippen LogP contribution in [-0.4, -0.2) is 30.2 Å². The van der Waals surface area contributed by atoms with Crippen molar-refractivity contribution in [3.05, 3.63) is 29.4 Å². The maximum Gasteiger partial charge on any atom is 0.224 e. The fourth-order valence-electron chi connectivity index (χ4n) is 1.92. The SMILES string of the molecule is CCC(C)Nc1nccc(Nc2cc(OC)c(Cl)cc2OC)n1. The average Bonchev–Trinajstić information content (AvgIpc) is 2.56. The van der Waals surface area contributed by atoms with Crippen LogP contribution < -0.4 is 20.1 Å². The minimum atomic E-state index is 0.301. The lowest BCUT2D eigenvalue weighted by atomic mass is 10.2. The Balaban J connectivity index is 2.26. The van der Waals surface area contributed by atoms with Gasteiger partial charge >= 0.3 is 0 Å². The molecule has 0 bridgehead atoms. The third kappa shape index (κ3) is 4.39. The first-order valence-corrected chi connectivity index (χ1v) is 7.73. The summed E-state index contributed by atoms with van der Waals surface area (Å²) >= 11 is 6.11. The Kier molecular flexibility index (Phi) is 5.87. The lowest BCUT2D eigenvalue weighted by Crippen LogP contribution is -2.15. The molecule has 7 heteroatoms. The predicted octanol–water partition coefficient (Wildman–Crippen LogP) is 4.10. The Labute approximate surface area is 141 Å². The molecule has 1 unspecified atom stereocenters. The van der Waals surface area contributed by atoms with Crippen LogP contribution in [0.1, 0.15) is 20.3 Å². The summed E-state index contributed by atoms with van der Waals surface area (Å²) in [6, 6.07) is 5.55. The lowest BCUT2D eigenvalue weighted by molar-refractivity contribution is 0.405. The molecule has 0 saturated carbocycles. The molecule has 1 aromatic heterocycles. The fraction of sp³-hybridized carbons (Fsp3) is 0.375. The quantitative estimate of drug-likeness (QED) is 0.793. The summed E-state index contributed by atoms with van der Waals surface area (Å²) in [7, 11) is 3.15. The maximum atomic E-state index is 6.11. The summed E-state index contributed by atoms with van der Waals surface area (Å²) in [5, 5.41) is 6.92. The molecule has 0 aliphatic carbocycles. The highest BCUT2D eigenvalue weighted by molar-refractivity contribution is 6.32. The van der Waals surface area contributed by atoms with E-state index in [1.807, 2.05) is 0 Å². The molecule has 6 nitrogen and oxygen atoms in total. The number of methoxy groups -OCH3 is 2. The number of halogens is 1. The van der Waals surface area contributed by atoms with Crippen LogP contribution in [0.4, 0.5) is 17.5 Å². The normalized spacial score (nSPS) is 11.7. The summed E-state index contributed by atoms with van der Waals surface area (Å²) < 4.78 is 10.6. The van der Waals surface area contributed by atoms with Crippen molar-refractivity contribution in [2.45, 2.75) is 26.3 Å². The van der Waals surface area contributed by atoms with E-state index in [4.69, 9.17) is 21.1 Å². The number of hydrogen-bond donors (Lipinski definition) is 2. The second-order valence-electron chi connectivity index (χ2n) is 5.03. The molecule has 1 aromatic carbocycles. The molecule has 1 heterocycles. The topological polar surface area (TPSA) is 68.3 Å². The van der Waals surface area contributed by atoms with Crippen LogP contribution in [0, 0.1) is 0 Å². The van der Waals surface area contributed by atoms with Crippen molar-refractivity contribution in [1.82, 2.24) is 9.97 Å². The van der Waals surface area contributed by atoms with Gasteiger partial charge in [-0.25, -0.2) is 4.98 Å². The average molecular weight is 337 g/mol. The third-order valence-corrected chi connectivity index (χ3v) is 3.68. The van der Waals surface area contributed by atoms with E-state index in [0.29, 0.717) is 40.0 Å². The van der Waals surface area contributed by atoms with E-state index in [9.17, 15) is 0 Å². The van der Waals surface area contributed by atoms with Gasteiger partial charge in [-0.2, -0.15) is 4.98 Å². The van der Waals surface area contributed by atoms with Crippen molar-refractivity contribution in [3.8, 4) is 11.5 Å². The van der Waals surface area contributed by atoms with Crippen molar-refractivity contribution in [1.29, 1.82) is 0 Å². The van der Waals surface area contributed by atoms with Crippen LogP contribution in [0.15, 0.2) is 24.4 Å². The monoisotopic (exact) mass is 336 g/mol. The van der Waals surface area contributed by atoms with Gasteiger partial charge in [-0.15, -0.1) is 0 Å². The van der Waals surface area contributed by atoms with Gasteiger partial charge in [-0.3, -0.25) is 0 Å². The zero-order chi connectivity index (χ0) is 16.8. The van der Waals surface area contributed by atoms with Crippen LogP contribution in [-0.2, 0) is 0 Å². The Morgan fingerprint density at radius 1 is 1.22 bits per heavy atom. The molecule has 2 aromatic rings. The zero-order valence-corrected chi connectivity index (χ0v) is 14.4. The minimum absolute atomic E-state index is 0.301. The summed E-state index contributed by atoms with van der Waals surface area (Å²) in [5.41, 5.74) is 0.710. The number of aromatic nitrogens is 2. The van der Waals surface area contributed by atoms with Crippen molar-refractivity contribution in [3.63, 3.8) is 0 Å². The van der Waals surface area contributed by atoms with Crippen LogP contribution in [0.5, 0.6) is 11.5 Å². The summed E-state index contributed by atoms with van der Waals surface area (Å²) in [6.45, 7) is 4.18. The van der Waals surface area contributed by atoms with Crippen LogP contribution >= 0.6 is 11.6 Å². The highest BCUT2D eigenvalue weighted by atomic mass is 35.5. The summed E-state index contributed by atoms with van der Waals surface area (Å²) in [5.74, 6) is 2.38. The number of nitrogens with zero attached hydrogens (tertiary/aromatic N) is 2. The lowest BCUT2D eigenvalue weighted by Gasteiger charge is -2.15. The van der Waals surface area contributed by atoms with Crippen molar-refractivity contribution < 1.29 is 9.47 Å². The van der Waals surface area contributed by atoms with E-state index < -0.39 is 0 Å². The first-order valence-electron chi connectivity index (χ1n) is 7.35. The Hall–Kier alpha value is -2.21. The molecule has 0 fully saturated rings. The van der Waals surface area contributed by atoms with E-state index in [2.05, 4.69) is 34.4 Å². The van der Waals surface area contributed by atoms with E-state index in [1.165, 1.54) is 0 Å². The van der Waals surface area contributed by atoms with Crippen LogP contribution in [0.2, 0.25) is 5.02 Å². The molecule has 0 spiro atoms. The van der Waals surface area contributed by atoms with Gasteiger partial charge in [0.15, 0.2) is 0 Å². The molecule has 0 aliphatic heterocycles. The highest BCUT2D eigenvalue weighted by Crippen LogP contribution is 2.37. The minimum Gasteiger partial charge on any atom is -0.495 e. The van der Waals surface area contributed by atoms with Crippen LogP contribution in [0.25, 0.3) is 0 Å². The number of ether oxygens (including phenoxy) is 2. The van der Waals surface area contributed by atoms with Gasteiger partial charge in [0.25, 0.3) is 0 Å². The van der Waals surface area contributed by atoms with Crippen molar-refractivity contribution >= 4 is 29.1 Å². The highest BCUT2D eigenvalue weighted by Gasteiger charge is 2.11. The number of rotatable bonds is 7. The van der Waals surface area contributed by atoms with Gasteiger partial charge in [0.1, 0.15) is 17.3 Å². The van der Waals surface area contributed by atoms with E-state index in [1.54, 1.807) is 38.6 Å².